The van der Waals surface area contributed by atoms with Gasteiger partial charge in [-0.2, -0.15) is 0 Å². The number of nitrogens with one attached hydrogen (secondary N) is 1. The van der Waals surface area contributed by atoms with E-state index in [0.29, 0.717) is 26.1 Å². The molecule has 0 aromatic carbocycles. The van der Waals surface area contributed by atoms with Crippen molar-refractivity contribution in [3.8, 4) is 0 Å². The van der Waals surface area contributed by atoms with Crippen LogP contribution in [0.2, 0.25) is 0 Å². The Morgan fingerprint density at radius 3 is 2.59 bits per heavy atom. The molecule has 0 aromatic rings. The molecular formula is C10H19N3O3S. The van der Waals surface area contributed by atoms with Crippen LogP contribution in [0.25, 0.3) is 0 Å². The lowest BCUT2D eigenvalue weighted by Gasteiger charge is -2.32. The number of hydrogen-bond donors (Lipinski definition) is 3. The van der Waals surface area contributed by atoms with Crippen LogP contribution in [0.1, 0.15) is 19.3 Å². The van der Waals surface area contributed by atoms with Gasteiger partial charge in [-0.25, -0.2) is 4.21 Å². The first-order valence-corrected chi connectivity index (χ1v) is 7.12. The lowest BCUT2D eigenvalue weighted by molar-refractivity contribution is -0.134. The maximum Gasteiger partial charge on any atom is 0.239 e. The number of nitrogens with two attached hydrogens (primary N) is 1. The molecule has 0 spiro atoms. The number of amides is 1. The molecule has 0 radical (unpaired) electrons. The Morgan fingerprint density at radius 1 is 1.41 bits per heavy atom. The Bertz CT molecular complexity index is 318. The molecule has 7 heteroatoms. The van der Waals surface area contributed by atoms with Gasteiger partial charge in [0.15, 0.2) is 11.1 Å². The normalized spacial score (nSPS) is 32.7. The zero-order chi connectivity index (χ0) is 12.4. The molecule has 2 rings (SSSR count). The van der Waals surface area contributed by atoms with Crippen LogP contribution in [0.3, 0.4) is 0 Å². The van der Waals surface area contributed by atoms with Gasteiger partial charge < -0.3 is 20.5 Å². The van der Waals surface area contributed by atoms with E-state index in [9.17, 15) is 9.00 Å². The minimum atomic E-state index is -1.84. The van der Waals surface area contributed by atoms with Crippen molar-refractivity contribution < 1.29 is 13.6 Å². The Morgan fingerprint density at radius 2 is 2.06 bits per heavy atom. The summed E-state index contributed by atoms with van der Waals surface area (Å²) >= 11 is -1.84. The molecule has 0 bridgehead atoms. The van der Waals surface area contributed by atoms with Crippen LogP contribution in [0, 0.1) is 0 Å². The summed E-state index contributed by atoms with van der Waals surface area (Å²) in [5.74, 6) is 0.0462. The van der Waals surface area contributed by atoms with E-state index in [4.69, 9.17) is 10.3 Å². The molecular weight excluding hydrogens is 242 g/mol. The van der Waals surface area contributed by atoms with E-state index in [2.05, 4.69) is 5.32 Å². The first-order valence-electron chi connectivity index (χ1n) is 5.95. The predicted octanol–water partition coefficient (Wildman–Crippen LogP) is -1.11. The molecule has 2 heterocycles. The molecule has 6 nitrogen and oxygen atoms in total. The lowest BCUT2D eigenvalue weighted by Crippen LogP contribution is -2.49. The van der Waals surface area contributed by atoms with Crippen LogP contribution >= 0.6 is 0 Å². The number of nitrogens with zero attached hydrogens (tertiary/aromatic N) is 1. The van der Waals surface area contributed by atoms with Crippen molar-refractivity contribution in [1.82, 2.24) is 10.2 Å². The highest BCUT2D eigenvalue weighted by atomic mass is 32.2. The number of piperidine rings is 1. The van der Waals surface area contributed by atoms with Crippen molar-refractivity contribution in [2.24, 2.45) is 5.73 Å². The average Bonchev–Trinajstić information content (AvgIpc) is 2.78. The van der Waals surface area contributed by atoms with Gasteiger partial charge in [0.25, 0.3) is 0 Å². The van der Waals surface area contributed by atoms with Crippen molar-refractivity contribution >= 4 is 17.0 Å². The van der Waals surface area contributed by atoms with Crippen LogP contribution in [0.15, 0.2) is 0 Å². The largest absolute Gasteiger partial charge is 0.341 e. The monoisotopic (exact) mass is 261 g/mol. The van der Waals surface area contributed by atoms with Crippen LogP contribution in [0.4, 0.5) is 0 Å². The third-order valence-corrected chi connectivity index (χ3v) is 4.45. The summed E-state index contributed by atoms with van der Waals surface area (Å²) in [6.07, 6.45) is 2.13. The number of likely N-dealkylation sites (tertiary alicyclic amines) is 1. The standard InChI is InChI=1S/C10H19N3O3S/c11-7-1-3-13(4-2-7)10(14)9-5-8(6-12-9)17(15)16/h7-9,12H,1-6,11H2,(H,15,16). The fourth-order valence-corrected chi connectivity index (χ4v) is 2.98. The molecule has 1 amide bonds. The molecule has 0 aliphatic carbocycles. The minimum absolute atomic E-state index is 0.0462. The van der Waals surface area contributed by atoms with Gasteiger partial charge in [-0.15, -0.1) is 0 Å². The molecule has 2 aliphatic heterocycles. The highest BCUT2D eigenvalue weighted by Gasteiger charge is 2.35. The van der Waals surface area contributed by atoms with Crippen molar-refractivity contribution in [3.05, 3.63) is 0 Å². The van der Waals surface area contributed by atoms with E-state index in [0.717, 1.165) is 12.8 Å². The summed E-state index contributed by atoms with van der Waals surface area (Å²) < 4.78 is 19.9. The summed E-state index contributed by atoms with van der Waals surface area (Å²) in [5, 5.41) is 2.70. The number of rotatable bonds is 2. The average molecular weight is 261 g/mol. The summed E-state index contributed by atoms with van der Waals surface area (Å²) in [6, 6.07) is -0.0984. The smallest absolute Gasteiger partial charge is 0.239 e. The van der Waals surface area contributed by atoms with Gasteiger partial charge in [-0.05, 0) is 19.3 Å². The second kappa shape index (κ2) is 5.43. The fourth-order valence-electron chi connectivity index (χ4n) is 2.39. The van der Waals surface area contributed by atoms with Crippen LogP contribution in [-0.2, 0) is 15.9 Å². The number of hydrogen-bond acceptors (Lipinski definition) is 4. The van der Waals surface area contributed by atoms with Crippen molar-refractivity contribution in [2.75, 3.05) is 19.6 Å². The van der Waals surface area contributed by atoms with Gasteiger partial charge in [0, 0.05) is 25.7 Å². The minimum Gasteiger partial charge on any atom is -0.341 e. The maximum absolute atomic E-state index is 12.1. The van der Waals surface area contributed by atoms with Gasteiger partial charge in [0.1, 0.15) is 0 Å². The fraction of sp³-hybridized carbons (Fsp3) is 0.900. The Hall–Kier alpha value is -0.500. The van der Waals surface area contributed by atoms with E-state index in [1.807, 2.05) is 4.90 Å². The Balaban J connectivity index is 1.86. The molecule has 2 fully saturated rings. The van der Waals surface area contributed by atoms with E-state index in [-0.39, 0.29) is 23.2 Å². The topological polar surface area (TPSA) is 95.7 Å². The second-order valence-electron chi connectivity index (χ2n) is 4.76. The lowest BCUT2D eigenvalue weighted by atomic mass is 10.0. The zero-order valence-corrected chi connectivity index (χ0v) is 10.5. The Kier molecular flexibility index (Phi) is 4.13. The second-order valence-corrected chi connectivity index (χ2v) is 5.98. The first-order chi connectivity index (χ1) is 8.08. The van der Waals surface area contributed by atoms with Crippen LogP contribution in [-0.4, -0.2) is 56.5 Å². The summed E-state index contributed by atoms with van der Waals surface area (Å²) in [5.41, 5.74) is 5.79. The van der Waals surface area contributed by atoms with E-state index in [1.165, 1.54) is 0 Å². The molecule has 4 N–H and O–H groups in total. The first kappa shape index (κ1) is 12.9. The molecule has 17 heavy (non-hydrogen) atoms. The Labute approximate surface area is 103 Å². The molecule has 98 valence electrons. The summed E-state index contributed by atoms with van der Waals surface area (Å²) in [7, 11) is 0. The third-order valence-electron chi connectivity index (χ3n) is 3.53. The molecule has 0 aromatic heterocycles. The van der Waals surface area contributed by atoms with E-state index < -0.39 is 11.1 Å². The third kappa shape index (κ3) is 3.04. The highest BCUT2D eigenvalue weighted by molar-refractivity contribution is 7.79. The van der Waals surface area contributed by atoms with Crippen LogP contribution in [0.5, 0.6) is 0 Å². The van der Waals surface area contributed by atoms with E-state index in [1.54, 1.807) is 0 Å². The molecule has 3 atom stereocenters. The van der Waals surface area contributed by atoms with Gasteiger partial charge in [-0.3, -0.25) is 4.79 Å². The molecule has 0 saturated carbocycles. The molecule has 2 saturated heterocycles. The quantitative estimate of drug-likeness (QED) is 0.548. The van der Waals surface area contributed by atoms with Crippen molar-refractivity contribution in [2.45, 2.75) is 36.6 Å². The summed E-state index contributed by atoms with van der Waals surface area (Å²) in [4.78, 5) is 13.9. The number of carbonyl (C=O) groups is 1. The SMILES string of the molecule is NC1CCN(C(=O)C2CC(S(=O)O)CN2)CC1. The highest BCUT2D eigenvalue weighted by Crippen LogP contribution is 2.16. The summed E-state index contributed by atoms with van der Waals surface area (Å²) in [6.45, 7) is 1.84. The predicted molar refractivity (Wildman–Crippen MR) is 64.8 cm³/mol. The van der Waals surface area contributed by atoms with Crippen molar-refractivity contribution in [3.63, 3.8) is 0 Å². The van der Waals surface area contributed by atoms with E-state index >= 15 is 0 Å². The van der Waals surface area contributed by atoms with Gasteiger partial charge >= 0.3 is 0 Å². The number of carbonyl (C=O) groups excluding carboxylic acids is 1. The molecule has 2 aliphatic rings. The molecule has 3 unspecified atom stereocenters. The van der Waals surface area contributed by atoms with Gasteiger partial charge in [0.05, 0.1) is 11.3 Å². The zero-order valence-electron chi connectivity index (χ0n) is 9.67. The maximum atomic E-state index is 12.1. The van der Waals surface area contributed by atoms with Crippen molar-refractivity contribution in [1.29, 1.82) is 0 Å². The van der Waals surface area contributed by atoms with Gasteiger partial charge in [0.2, 0.25) is 5.91 Å². The van der Waals surface area contributed by atoms with Gasteiger partial charge in [-0.1, -0.05) is 0 Å². The van der Waals surface area contributed by atoms with Crippen LogP contribution < -0.4 is 11.1 Å².